The van der Waals surface area contributed by atoms with Crippen LogP contribution >= 0.6 is 0 Å². The number of pyridine rings is 1. The third-order valence-electron chi connectivity index (χ3n) is 2.66. The molecule has 1 aromatic heterocycles. The monoisotopic (exact) mass is 251 g/mol. The zero-order valence-corrected chi connectivity index (χ0v) is 10.0. The summed E-state index contributed by atoms with van der Waals surface area (Å²) in [5.41, 5.74) is -0.126. The molecule has 0 saturated heterocycles. The lowest BCUT2D eigenvalue weighted by Crippen LogP contribution is -2.39. The van der Waals surface area contributed by atoms with Crippen molar-refractivity contribution in [2.24, 2.45) is 0 Å². The van der Waals surface area contributed by atoms with Crippen molar-refractivity contribution in [1.82, 2.24) is 15.2 Å². The standard InChI is InChI=1S/C12H14FN3O2/c1-16(7-10(17)15-8-4-5-8)12(18)9-3-2-6-14-11(9)13/h2-3,6,8H,4-5,7H2,1H3,(H,15,17). The molecule has 1 aliphatic rings. The van der Waals surface area contributed by atoms with Crippen LogP contribution in [0.15, 0.2) is 18.3 Å². The molecule has 1 N–H and O–H groups in total. The summed E-state index contributed by atoms with van der Waals surface area (Å²) < 4.78 is 13.3. The highest BCUT2D eigenvalue weighted by atomic mass is 19.1. The van der Waals surface area contributed by atoms with E-state index in [0.29, 0.717) is 0 Å². The molecule has 1 saturated carbocycles. The fraction of sp³-hybridized carbons (Fsp3) is 0.417. The number of nitrogens with one attached hydrogen (secondary N) is 1. The summed E-state index contributed by atoms with van der Waals surface area (Å²) in [6.45, 7) is -0.0797. The lowest BCUT2D eigenvalue weighted by Gasteiger charge is -2.16. The van der Waals surface area contributed by atoms with E-state index >= 15 is 0 Å². The van der Waals surface area contributed by atoms with Crippen molar-refractivity contribution in [3.05, 3.63) is 29.8 Å². The number of carbonyl (C=O) groups is 2. The number of halogens is 1. The van der Waals surface area contributed by atoms with Gasteiger partial charge in [-0.25, -0.2) is 4.98 Å². The highest BCUT2D eigenvalue weighted by molar-refractivity contribution is 5.96. The van der Waals surface area contributed by atoms with Crippen molar-refractivity contribution in [3.63, 3.8) is 0 Å². The molecule has 0 aromatic carbocycles. The summed E-state index contributed by atoms with van der Waals surface area (Å²) in [4.78, 5) is 28.0. The Morgan fingerprint density at radius 1 is 1.56 bits per heavy atom. The predicted octanol–water partition coefficient (Wildman–Crippen LogP) is 0.571. The Balaban J connectivity index is 1.95. The van der Waals surface area contributed by atoms with Crippen LogP contribution in [0.25, 0.3) is 0 Å². The minimum atomic E-state index is -0.822. The largest absolute Gasteiger partial charge is 0.352 e. The average molecular weight is 251 g/mol. The van der Waals surface area contributed by atoms with Crippen LogP contribution in [0.4, 0.5) is 4.39 Å². The fourth-order valence-corrected chi connectivity index (χ4v) is 1.54. The number of likely N-dealkylation sites (N-methyl/N-ethyl adjacent to an activating group) is 1. The first-order valence-corrected chi connectivity index (χ1v) is 5.73. The van der Waals surface area contributed by atoms with Crippen molar-refractivity contribution < 1.29 is 14.0 Å². The predicted molar refractivity (Wildman–Crippen MR) is 62.3 cm³/mol. The molecule has 2 rings (SSSR count). The molecule has 0 atom stereocenters. The quantitative estimate of drug-likeness (QED) is 0.796. The summed E-state index contributed by atoms with van der Waals surface area (Å²) in [5, 5.41) is 2.76. The van der Waals surface area contributed by atoms with Gasteiger partial charge in [0.1, 0.15) is 0 Å². The first-order chi connectivity index (χ1) is 8.58. The number of nitrogens with zero attached hydrogens (tertiary/aromatic N) is 2. The fourth-order valence-electron chi connectivity index (χ4n) is 1.54. The van der Waals surface area contributed by atoms with Gasteiger partial charge in [0.25, 0.3) is 5.91 Å². The summed E-state index contributed by atoms with van der Waals surface area (Å²) in [7, 11) is 1.46. The second-order valence-electron chi connectivity index (χ2n) is 4.34. The molecule has 96 valence electrons. The van der Waals surface area contributed by atoms with Crippen LogP contribution in [-0.2, 0) is 4.79 Å². The van der Waals surface area contributed by atoms with E-state index < -0.39 is 11.9 Å². The number of aromatic nitrogens is 1. The van der Waals surface area contributed by atoms with Gasteiger partial charge in [-0.3, -0.25) is 9.59 Å². The van der Waals surface area contributed by atoms with Crippen LogP contribution in [0.5, 0.6) is 0 Å². The second-order valence-corrected chi connectivity index (χ2v) is 4.34. The SMILES string of the molecule is CN(CC(=O)NC1CC1)C(=O)c1cccnc1F. The van der Waals surface area contributed by atoms with Gasteiger partial charge in [0.2, 0.25) is 11.9 Å². The highest BCUT2D eigenvalue weighted by Gasteiger charge is 2.25. The van der Waals surface area contributed by atoms with Crippen molar-refractivity contribution in [2.75, 3.05) is 13.6 Å². The minimum absolute atomic E-state index is 0.0797. The topological polar surface area (TPSA) is 62.3 Å². The van der Waals surface area contributed by atoms with E-state index in [2.05, 4.69) is 10.3 Å². The van der Waals surface area contributed by atoms with E-state index in [-0.39, 0.29) is 24.1 Å². The Morgan fingerprint density at radius 3 is 2.89 bits per heavy atom. The van der Waals surface area contributed by atoms with Crippen molar-refractivity contribution in [1.29, 1.82) is 0 Å². The Labute approximate surface area is 104 Å². The molecule has 0 aliphatic heterocycles. The Bertz CT molecular complexity index is 474. The van der Waals surface area contributed by atoms with Gasteiger partial charge in [-0.15, -0.1) is 0 Å². The molecule has 0 spiro atoms. The van der Waals surface area contributed by atoms with E-state index in [0.717, 1.165) is 12.8 Å². The number of amides is 2. The zero-order chi connectivity index (χ0) is 13.1. The van der Waals surface area contributed by atoms with Crippen LogP contribution in [0, 0.1) is 5.95 Å². The van der Waals surface area contributed by atoms with E-state index in [4.69, 9.17) is 0 Å². The molecule has 0 radical (unpaired) electrons. The van der Waals surface area contributed by atoms with E-state index in [9.17, 15) is 14.0 Å². The second kappa shape index (κ2) is 5.12. The molecule has 1 heterocycles. The number of rotatable bonds is 4. The van der Waals surface area contributed by atoms with Gasteiger partial charge in [-0.2, -0.15) is 4.39 Å². The van der Waals surface area contributed by atoms with Crippen LogP contribution in [0.2, 0.25) is 0 Å². The maximum Gasteiger partial charge on any atom is 0.258 e. The summed E-state index contributed by atoms with van der Waals surface area (Å²) in [6.07, 6.45) is 3.24. The molecule has 0 unspecified atom stereocenters. The van der Waals surface area contributed by atoms with Gasteiger partial charge in [0, 0.05) is 19.3 Å². The van der Waals surface area contributed by atoms with Crippen molar-refractivity contribution in [2.45, 2.75) is 18.9 Å². The maximum atomic E-state index is 13.3. The first-order valence-electron chi connectivity index (χ1n) is 5.73. The van der Waals surface area contributed by atoms with E-state index in [1.165, 1.54) is 30.3 Å². The third-order valence-corrected chi connectivity index (χ3v) is 2.66. The van der Waals surface area contributed by atoms with Crippen LogP contribution in [0.3, 0.4) is 0 Å². The summed E-state index contributed by atoms with van der Waals surface area (Å²) in [6, 6.07) is 3.07. The van der Waals surface area contributed by atoms with Gasteiger partial charge < -0.3 is 10.2 Å². The van der Waals surface area contributed by atoms with Crippen LogP contribution in [-0.4, -0.2) is 41.3 Å². The van der Waals surface area contributed by atoms with E-state index in [1.54, 1.807) is 0 Å². The molecule has 18 heavy (non-hydrogen) atoms. The molecule has 1 fully saturated rings. The van der Waals surface area contributed by atoms with Gasteiger partial charge in [0.15, 0.2) is 0 Å². The van der Waals surface area contributed by atoms with Gasteiger partial charge >= 0.3 is 0 Å². The normalized spacial score (nSPS) is 14.1. The molecular formula is C12H14FN3O2. The van der Waals surface area contributed by atoms with Gasteiger partial charge in [-0.1, -0.05) is 0 Å². The van der Waals surface area contributed by atoms with Crippen LogP contribution < -0.4 is 5.32 Å². The van der Waals surface area contributed by atoms with Crippen molar-refractivity contribution >= 4 is 11.8 Å². The number of carbonyl (C=O) groups excluding carboxylic acids is 2. The molecule has 5 nitrogen and oxygen atoms in total. The summed E-state index contributed by atoms with van der Waals surface area (Å²) in [5.74, 6) is -1.60. The van der Waals surface area contributed by atoms with Crippen LogP contribution in [0.1, 0.15) is 23.2 Å². The lowest BCUT2D eigenvalue weighted by atomic mass is 10.2. The average Bonchev–Trinajstić information content (AvgIpc) is 3.12. The molecule has 2 amide bonds. The van der Waals surface area contributed by atoms with Gasteiger partial charge in [-0.05, 0) is 25.0 Å². The van der Waals surface area contributed by atoms with E-state index in [1.807, 2.05) is 0 Å². The Kier molecular flexibility index (Phi) is 3.55. The Hall–Kier alpha value is -1.98. The van der Waals surface area contributed by atoms with Crippen molar-refractivity contribution in [3.8, 4) is 0 Å². The zero-order valence-electron chi connectivity index (χ0n) is 10.0. The number of hydrogen-bond donors (Lipinski definition) is 1. The molecular weight excluding hydrogens is 237 g/mol. The first kappa shape index (κ1) is 12.5. The minimum Gasteiger partial charge on any atom is -0.352 e. The molecule has 1 aliphatic carbocycles. The number of hydrogen-bond acceptors (Lipinski definition) is 3. The Morgan fingerprint density at radius 2 is 2.28 bits per heavy atom. The third kappa shape index (κ3) is 3.03. The van der Waals surface area contributed by atoms with Gasteiger partial charge in [0.05, 0.1) is 12.1 Å². The summed E-state index contributed by atoms with van der Waals surface area (Å²) >= 11 is 0. The maximum absolute atomic E-state index is 13.3. The molecule has 0 bridgehead atoms. The lowest BCUT2D eigenvalue weighted by molar-refractivity contribution is -0.121. The molecule has 1 aromatic rings. The highest BCUT2D eigenvalue weighted by Crippen LogP contribution is 2.18. The molecule has 6 heteroatoms. The smallest absolute Gasteiger partial charge is 0.258 e.